The summed E-state index contributed by atoms with van der Waals surface area (Å²) in [5, 5.41) is 11.1. The average molecular weight is 449 g/mol. The van der Waals surface area contributed by atoms with E-state index in [1.54, 1.807) is 23.1 Å². The van der Waals surface area contributed by atoms with Crippen molar-refractivity contribution in [3.63, 3.8) is 0 Å². The SMILES string of the molecule is CCN(C(=O)c1cc(OC)ccc1-n1nccn1)[C@@H](C)CNc1ncc(C(F)(F)F)cn1. The molecule has 0 radical (unpaired) electrons. The molecule has 0 unspecified atom stereocenters. The van der Waals surface area contributed by atoms with Gasteiger partial charge in [0, 0.05) is 31.5 Å². The molecule has 0 saturated carbocycles. The Balaban J connectivity index is 1.77. The molecule has 1 atom stereocenters. The minimum absolute atomic E-state index is 0.0381. The third-order valence-corrected chi connectivity index (χ3v) is 4.74. The second kappa shape index (κ2) is 9.62. The Bertz CT molecular complexity index is 1040. The molecule has 0 spiro atoms. The first kappa shape index (κ1) is 23.0. The van der Waals surface area contributed by atoms with Crippen molar-refractivity contribution in [3.8, 4) is 11.4 Å². The molecule has 1 amide bonds. The number of rotatable bonds is 8. The van der Waals surface area contributed by atoms with Crippen LogP contribution in [0.15, 0.2) is 43.0 Å². The van der Waals surface area contributed by atoms with Gasteiger partial charge in [0.1, 0.15) is 5.75 Å². The van der Waals surface area contributed by atoms with Crippen LogP contribution in [0.3, 0.4) is 0 Å². The fraction of sp³-hybridized carbons (Fsp3) is 0.350. The molecule has 0 bridgehead atoms. The first-order chi connectivity index (χ1) is 15.2. The monoisotopic (exact) mass is 449 g/mol. The fourth-order valence-electron chi connectivity index (χ4n) is 3.05. The molecule has 32 heavy (non-hydrogen) atoms. The van der Waals surface area contributed by atoms with Gasteiger partial charge in [-0.1, -0.05) is 0 Å². The van der Waals surface area contributed by atoms with Crippen molar-refractivity contribution in [1.29, 1.82) is 0 Å². The highest BCUT2D eigenvalue weighted by molar-refractivity contribution is 5.98. The number of anilines is 1. The van der Waals surface area contributed by atoms with Crippen molar-refractivity contribution in [2.45, 2.75) is 26.1 Å². The summed E-state index contributed by atoms with van der Waals surface area (Å²) in [4.78, 5) is 23.7. The second-order valence-corrected chi connectivity index (χ2v) is 6.82. The Morgan fingerprint density at radius 1 is 1.22 bits per heavy atom. The van der Waals surface area contributed by atoms with E-state index in [-0.39, 0.29) is 24.4 Å². The maximum Gasteiger partial charge on any atom is 0.419 e. The molecule has 2 heterocycles. The van der Waals surface area contributed by atoms with E-state index in [4.69, 9.17) is 4.74 Å². The van der Waals surface area contributed by atoms with Crippen LogP contribution in [-0.4, -0.2) is 62.0 Å². The van der Waals surface area contributed by atoms with E-state index in [1.165, 1.54) is 24.3 Å². The van der Waals surface area contributed by atoms with Gasteiger partial charge < -0.3 is 15.0 Å². The molecule has 3 rings (SSSR count). The Kier molecular flexibility index (Phi) is 6.91. The van der Waals surface area contributed by atoms with Crippen LogP contribution in [0.1, 0.15) is 29.8 Å². The summed E-state index contributed by atoms with van der Waals surface area (Å²) >= 11 is 0. The van der Waals surface area contributed by atoms with Crippen LogP contribution in [0, 0.1) is 0 Å². The van der Waals surface area contributed by atoms with Crippen molar-refractivity contribution in [2.75, 3.05) is 25.5 Å². The molecule has 170 valence electrons. The number of hydrogen-bond acceptors (Lipinski definition) is 7. The molecule has 1 N–H and O–H groups in total. The third-order valence-electron chi connectivity index (χ3n) is 4.74. The normalized spacial score (nSPS) is 12.3. The molecule has 3 aromatic rings. The summed E-state index contributed by atoms with van der Waals surface area (Å²) in [5.74, 6) is 0.266. The standard InChI is InChI=1S/C20H22F3N7O2/c1-4-29(13(2)10-24-19-25-11-14(12-26-19)20(21,22)23)18(31)16-9-15(32-3)5-6-17(16)30-27-7-8-28-30/h5-9,11-13H,4,10H2,1-3H3,(H,24,25,26)/t13-/m0/s1. The predicted molar refractivity (Wildman–Crippen MR) is 110 cm³/mol. The second-order valence-electron chi connectivity index (χ2n) is 6.82. The van der Waals surface area contributed by atoms with Crippen LogP contribution in [0.5, 0.6) is 5.75 Å². The lowest BCUT2D eigenvalue weighted by Crippen LogP contribution is -2.42. The van der Waals surface area contributed by atoms with Gasteiger partial charge in [0.2, 0.25) is 5.95 Å². The number of amides is 1. The van der Waals surface area contributed by atoms with Gasteiger partial charge in [-0.25, -0.2) is 9.97 Å². The number of carbonyl (C=O) groups excluding carboxylic acids is 1. The lowest BCUT2D eigenvalue weighted by atomic mass is 10.1. The molecule has 1 aromatic carbocycles. The molecule has 0 aliphatic rings. The largest absolute Gasteiger partial charge is 0.497 e. The number of nitrogens with zero attached hydrogens (tertiary/aromatic N) is 6. The van der Waals surface area contributed by atoms with Crippen LogP contribution in [0.25, 0.3) is 5.69 Å². The van der Waals surface area contributed by atoms with Crippen molar-refractivity contribution in [2.24, 2.45) is 0 Å². The summed E-state index contributed by atoms with van der Waals surface area (Å²) in [6, 6.07) is 4.68. The van der Waals surface area contributed by atoms with Gasteiger partial charge in [-0.3, -0.25) is 4.79 Å². The van der Waals surface area contributed by atoms with Crippen LogP contribution in [0.4, 0.5) is 19.1 Å². The van der Waals surface area contributed by atoms with E-state index in [0.29, 0.717) is 35.9 Å². The minimum Gasteiger partial charge on any atom is -0.497 e. The molecule has 12 heteroatoms. The zero-order valence-corrected chi connectivity index (χ0v) is 17.7. The number of benzene rings is 1. The number of ether oxygens (including phenoxy) is 1. The molecule has 0 fully saturated rings. The first-order valence-corrected chi connectivity index (χ1v) is 9.73. The Hall–Kier alpha value is -3.70. The highest BCUT2D eigenvalue weighted by atomic mass is 19.4. The van der Waals surface area contributed by atoms with E-state index in [2.05, 4.69) is 25.5 Å². The minimum atomic E-state index is -4.50. The summed E-state index contributed by atoms with van der Waals surface area (Å²) in [6.07, 6.45) is -0.0702. The summed E-state index contributed by atoms with van der Waals surface area (Å²) in [6.45, 7) is 4.25. The zero-order chi connectivity index (χ0) is 23.3. The quantitative estimate of drug-likeness (QED) is 0.564. The number of alkyl halides is 3. The van der Waals surface area contributed by atoms with E-state index < -0.39 is 11.7 Å². The van der Waals surface area contributed by atoms with Gasteiger partial charge in [-0.2, -0.15) is 28.2 Å². The van der Waals surface area contributed by atoms with Gasteiger partial charge in [-0.15, -0.1) is 0 Å². The molecule has 0 aliphatic carbocycles. The lowest BCUT2D eigenvalue weighted by Gasteiger charge is -2.29. The van der Waals surface area contributed by atoms with Crippen LogP contribution >= 0.6 is 0 Å². The van der Waals surface area contributed by atoms with Crippen molar-refractivity contribution in [3.05, 3.63) is 54.1 Å². The number of aromatic nitrogens is 5. The summed E-state index contributed by atoms with van der Waals surface area (Å²) < 4.78 is 43.2. The van der Waals surface area contributed by atoms with Gasteiger partial charge in [0.05, 0.1) is 36.3 Å². The predicted octanol–water partition coefficient (Wildman–Crippen LogP) is 3.05. The number of hydrogen-bond donors (Lipinski definition) is 1. The van der Waals surface area contributed by atoms with E-state index in [9.17, 15) is 18.0 Å². The number of carbonyl (C=O) groups is 1. The van der Waals surface area contributed by atoms with E-state index in [0.717, 1.165) is 0 Å². The highest BCUT2D eigenvalue weighted by Gasteiger charge is 2.31. The Morgan fingerprint density at radius 3 is 2.44 bits per heavy atom. The molecule has 2 aromatic heterocycles. The average Bonchev–Trinajstić information content (AvgIpc) is 3.32. The molecular weight excluding hydrogens is 427 g/mol. The Morgan fingerprint density at radius 2 is 1.88 bits per heavy atom. The van der Waals surface area contributed by atoms with Gasteiger partial charge in [0.25, 0.3) is 5.91 Å². The molecular formula is C20H22F3N7O2. The smallest absolute Gasteiger partial charge is 0.419 e. The van der Waals surface area contributed by atoms with Gasteiger partial charge >= 0.3 is 6.18 Å². The number of nitrogens with one attached hydrogen (secondary N) is 1. The maximum absolute atomic E-state index is 13.4. The van der Waals surface area contributed by atoms with E-state index >= 15 is 0 Å². The third kappa shape index (κ3) is 5.13. The summed E-state index contributed by atoms with van der Waals surface area (Å²) in [7, 11) is 1.50. The topological polar surface area (TPSA) is 98.1 Å². The zero-order valence-electron chi connectivity index (χ0n) is 17.7. The summed E-state index contributed by atoms with van der Waals surface area (Å²) in [5.41, 5.74) is -0.0928. The molecule has 9 nitrogen and oxygen atoms in total. The highest BCUT2D eigenvalue weighted by Crippen LogP contribution is 2.28. The van der Waals surface area contributed by atoms with E-state index in [1.807, 2.05) is 13.8 Å². The van der Waals surface area contributed by atoms with Crippen molar-refractivity contribution < 1.29 is 22.7 Å². The Labute approximate surface area is 182 Å². The number of likely N-dealkylation sites (N-methyl/N-ethyl adjacent to an activating group) is 1. The van der Waals surface area contributed by atoms with Crippen molar-refractivity contribution >= 4 is 11.9 Å². The first-order valence-electron chi connectivity index (χ1n) is 9.73. The van der Waals surface area contributed by atoms with Crippen molar-refractivity contribution in [1.82, 2.24) is 29.9 Å². The lowest BCUT2D eigenvalue weighted by molar-refractivity contribution is -0.138. The molecule has 0 aliphatic heterocycles. The van der Waals surface area contributed by atoms with Crippen LogP contribution in [-0.2, 0) is 6.18 Å². The fourth-order valence-corrected chi connectivity index (χ4v) is 3.05. The van der Waals surface area contributed by atoms with Gasteiger partial charge in [-0.05, 0) is 32.0 Å². The van der Waals surface area contributed by atoms with Crippen LogP contribution in [0.2, 0.25) is 0 Å². The number of methoxy groups -OCH3 is 1. The van der Waals surface area contributed by atoms with Gasteiger partial charge in [0.15, 0.2) is 0 Å². The number of halogens is 3. The van der Waals surface area contributed by atoms with Crippen LogP contribution < -0.4 is 10.1 Å². The molecule has 0 saturated heterocycles. The maximum atomic E-state index is 13.4.